The molecule has 0 aliphatic carbocycles. The van der Waals surface area contributed by atoms with Gasteiger partial charge in [0.15, 0.2) is 11.5 Å². The van der Waals surface area contributed by atoms with Gasteiger partial charge in [-0.15, -0.1) is 0 Å². The van der Waals surface area contributed by atoms with Crippen LogP contribution in [0.4, 0.5) is 5.69 Å². The molecule has 0 aliphatic heterocycles. The summed E-state index contributed by atoms with van der Waals surface area (Å²) in [6, 6.07) is 2.07. The number of nitrogens with one attached hydrogen (secondary N) is 3. The molecule has 2 aromatic rings. The minimum atomic E-state index is -0.703. The lowest BCUT2D eigenvalue weighted by molar-refractivity contribution is -0.385. The Morgan fingerprint density at radius 2 is 2.11 bits per heavy atom. The Hall–Kier alpha value is -3.96. The Balaban J connectivity index is 2.17. The van der Waals surface area contributed by atoms with Crippen molar-refractivity contribution in [3.63, 3.8) is 0 Å². The number of phenolic OH excluding ortho intramolecular Hbond substituents is 1. The first-order valence-corrected chi connectivity index (χ1v) is 7.42. The van der Waals surface area contributed by atoms with Crippen molar-refractivity contribution in [1.29, 1.82) is 0 Å². The van der Waals surface area contributed by atoms with Crippen LogP contribution >= 0.6 is 0 Å². The number of aromatic nitrogens is 2. The van der Waals surface area contributed by atoms with Crippen LogP contribution in [0.5, 0.6) is 11.5 Å². The largest absolute Gasteiger partial charge is 0.504 e. The lowest BCUT2D eigenvalue weighted by Gasteiger charge is -2.05. The van der Waals surface area contributed by atoms with Crippen molar-refractivity contribution in [3.05, 3.63) is 59.9 Å². The van der Waals surface area contributed by atoms with Crippen LogP contribution in [-0.2, 0) is 11.2 Å². The topological polar surface area (TPSA) is 180 Å². The highest BCUT2D eigenvalue weighted by molar-refractivity contribution is 5.88. The van der Waals surface area contributed by atoms with Gasteiger partial charge in [-0.3, -0.25) is 24.7 Å². The minimum Gasteiger partial charge on any atom is -0.504 e. The van der Waals surface area contributed by atoms with E-state index in [2.05, 4.69) is 15.5 Å². The first kappa shape index (κ1) is 19.4. The van der Waals surface area contributed by atoms with Crippen molar-refractivity contribution in [3.8, 4) is 11.5 Å². The fourth-order valence-corrected chi connectivity index (χ4v) is 2.21. The normalized spacial score (nSPS) is 10.7. The van der Waals surface area contributed by atoms with Crippen LogP contribution in [0.25, 0.3) is 0 Å². The number of hydrogen-bond acceptors (Lipinski definition) is 8. The van der Waals surface area contributed by atoms with E-state index >= 15 is 0 Å². The summed E-state index contributed by atoms with van der Waals surface area (Å²) in [5, 5.41) is 24.4. The zero-order chi connectivity index (χ0) is 20.1. The molecule has 0 bridgehead atoms. The van der Waals surface area contributed by atoms with E-state index in [9.17, 15) is 29.6 Å². The number of nitrogens with zero attached hydrogens (tertiary/aromatic N) is 2. The van der Waals surface area contributed by atoms with Gasteiger partial charge in [0.25, 0.3) is 11.2 Å². The smallest absolute Gasteiger partial charge is 0.325 e. The highest BCUT2D eigenvalue weighted by atomic mass is 16.6. The molecule has 0 aliphatic rings. The van der Waals surface area contributed by atoms with Crippen LogP contribution < -0.4 is 21.4 Å². The summed E-state index contributed by atoms with van der Waals surface area (Å²) < 4.78 is 4.80. The molecule has 1 heterocycles. The molecule has 0 fully saturated rings. The van der Waals surface area contributed by atoms with Gasteiger partial charge in [0.05, 0.1) is 36.3 Å². The number of hydrogen-bond donors (Lipinski definition) is 4. The predicted molar refractivity (Wildman–Crippen MR) is 93.2 cm³/mol. The number of phenols is 1. The molecule has 0 spiro atoms. The average Bonchev–Trinajstić information content (AvgIpc) is 2.58. The maximum atomic E-state index is 11.9. The van der Waals surface area contributed by atoms with Gasteiger partial charge in [0.2, 0.25) is 5.91 Å². The van der Waals surface area contributed by atoms with Crippen molar-refractivity contribution in [2.24, 2.45) is 5.10 Å². The number of rotatable bonds is 6. The van der Waals surface area contributed by atoms with E-state index in [1.165, 1.54) is 14.0 Å². The molecule has 12 heteroatoms. The zero-order valence-electron chi connectivity index (χ0n) is 14.2. The number of hydrazone groups is 1. The van der Waals surface area contributed by atoms with Crippen LogP contribution in [0.3, 0.4) is 0 Å². The molecule has 1 amide bonds. The SMILES string of the molecule is COc1cc([N+](=O)[O-])c(/C=N\NC(=O)Cc2c(C)[nH]c(=O)[nH]c2=O)cc1O. The first-order valence-electron chi connectivity index (χ1n) is 7.42. The van der Waals surface area contributed by atoms with Gasteiger partial charge in [-0.1, -0.05) is 0 Å². The van der Waals surface area contributed by atoms with Crippen LogP contribution in [-0.4, -0.2) is 39.2 Å². The third-order valence-corrected chi connectivity index (χ3v) is 3.51. The molecule has 4 N–H and O–H groups in total. The van der Waals surface area contributed by atoms with Crippen LogP contribution in [0.15, 0.2) is 26.8 Å². The third kappa shape index (κ3) is 4.56. The summed E-state index contributed by atoms with van der Waals surface area (Å²) in [5.74, 6) is -1.12. The van der Waals surface area contributed by atoms with Gasteiger partial charge in [-0.2, -0.15) is 5.10 Å². The molecular formula is C15H15N5O7. The Morgan fingerprint density at radius 1 is 1.41 bits per heavy atom. The molecule has 0 saturated heterocycles. The molecule has 0 unspecified atom stereocenters. The summed E-state index contributed by atoms with van der Waals surface area (Å²) in [7, 11) is 1.24. The molecule has 1 aromatic carbocycles. The van der Waals surface area contributed by atoms with Crippen molar-refractivity contribution < 1.29 is 19.6 Å². The monoisotopic (exact) mass is 377 g/mol. The molecule has 0 radical (unpaired) electrons. The number of methoxy groups -OCH3 is 1. The molecule has 1 aromatic heterocycles. The predicted octanol–water partition coefficient (Wildman–Crippen LogP) is -0.313. The second kappa shape index (κ2) is 7.95. The van der Waals surface area contributed by atoms with Gasteiger partial charge in [-0.25, -0.2) is 10.2 Å². The van der Waals surface area contributed by atoms with Crippen molar-refractivity contribution in [1.82, 2.24) is 15.4 Å². The van der Waals surface area contributed by atoms with Gasteiger partial charge in [-0.05, 0) is 13.0 Å². The van der Waals surface area contributed by atoms with Gasteiger partial charge in [0, 0.05) is 11.3 Å². The second-order valence-corrected chi connectivity index (χ2v) is 5.32. The number of aryl methyl sites for hydroxylation is 1. The Morgan fingerprint density at radius 3 is 2.70 bits per heavy atom. The molecular weight excluding hydrogens is 362 g/mol. The van der Waals surface area contributed by atoms with E-state index in [0.29, 0.717) is 0 Å². The molecule has 0 saturated carbocycles. The summed E-state index contributed by atoms with van der Waals surface area (Å²) in [6.45, 7) is 1.46. The average molecular weight is 377 g/mol. The van der Waals surface area contributed by atoms with Gasteiger partial charge >= 0.3 is 5.69 Å². The Kier molecular flexibility index (Phi) is 5.70. The summed E-state index contributed by atoms with van der Waals surface area (Å²) in [6.07, 6.45) is 0.602. The first-order chi connectivity index (χ1) is 12.7. The number of carbonyl (C=O) groups is 1. The van der Waals surface area contributed by atoms with E-state index in [4.69, 9.17) is 4.74 Å². The van der Waals surface area contributed by atoms with E-state index in [1.54, 1.807) is 0 Å². The van der Waals surface area contributed by atoms with Crippen LogP contribution in [0, 0.1) is 17.0 Å². The number of H-pyrrole nitrogens is 2. The molecule has 27 heavy (non-hydrogen) atoms. The fourth-order valence-electron chi connectivity index (χ4n) is 2.21. The minimum absolute atomic E-state index is 0.0513. The highest BCUT2D eigenvalue weighted by Gasteiger charge is 2.17. The number of nitro groups is 1. The van der Waals surface area contributed by atoms with E-state index in [1.807, 2.05) is 4.98 Å². The maximum absolute atomic E-state index is 11.9. The van der Waals surface area contributed by atoms with Crippen LogP contribution in [0.1, 0.15) is 16.8 Å². The van der Waals surface area contributed by atoms with Crippen molar-refractivity contribution in [2.75, 3.05) is 7.11 Å². The lowest BCUT2D eigenvalue weighted by atomic mass is 10.1. The van der Waals surface area contributed by atoms with Crippen molar-refractivity contribution >= 4 is 17.8 Å². The number of carbonyl (C=O) groups excluding carboxylic acids is 1. The van der Waals surface area contributed by atoms with Gasteiger partial charge < -0.3 is 14.8 Å². The van der Waals surface area contributed by atoms with Gasteiger partial charge in [0.1, 0.15) is 0 Å². The lowest BCUT2D eigenvalue weighted by Crippen LogP contribution is -2.30. The Labute approximate surface area is 150 Å². The molecule has 0 atom stereocenters. The number of benzene rings is 1. The second-order valence-electron chi connectivity index (χ2n) is 5.32. The van der Waals surface area contributed by atoms with E-state index < -0.39 is 27.8 Å². The standard InChI is InChI=1S/C15H15N5O7/c1-7-9(14(23)18-15(24)17-7)4-13(22)19-16-6-8-3-11(21)12(27-2)5-10(8)20(25)26/h3,5-6,21H,4H2,1-2H3,(H,19,22)(H2,17,18,23,24)/b16-6-. The number of amides is 1. The maximum Gasteiger partial charge on any atom is 0.325 e. The van der Waals surface area contributed by atoms with Crippen LogP contribution in [0.2, 0.25) is 0 Å². The zero-order valence-corrected chi connectivity index (χ0v) is 14.2. The summed E-state index contributed by atoms with van der Waals surface area (Å²) in [5.41, 5.74) is 0.542. The molecule has 142 valence electrons. The van der Waals surface area contributed by atoms with E-state index in [0.717, 1.165) is 18.3 Å². The van der Waals surface area contributed by atoms with E-state index in [-0.39, 0.29) is 34.7 Å². The third-order valence-electron chi connectivity index (χ3n) is 3.51. The highest BCUT2D eigenvalue weighted by Crippen LogP contribution is 2.32. The summed E-state index contributed by atoms with van der Waals surface area (Å²) >= 11 is 0. The number of aromatic amines is 2. The van der Waals surface area contributed by atoms with Crippen molar-refractivity contribution in [2.45, 2.75) is 13.3 Å². The number of ether oxygens (including phenoxy) is 1. The molecule has 2 rings (SSSR count). The molecule has 12 nitrogen and oxygen atoms in total. The Bertz CT molecular complexity index is 1040. The summed E-state index contributed by atoms with van der Waals surface area (Å²) in [4.78, 5) is 49.5. The fraction of sp³-hybridized carbons (Fsp3) is 0.200. The number of aromatic hydroxyl groups is 1. The number of nitro benzene ring substituents is 1. The quantitative estimate of drug-likeness (QED) is 0.302.